The molecule has 4 aromatic rings. The van der Waals surface area contributed by atoms with Gasteiger partial charge < -0.3 is 21.3 Å². The van der Waals surface area contributed by atoms with Gasteiger partial charge in [-0.1, -0.05) is 72.8 Å². The lowest BCUT2D eigenvalue weighted by Crippen LogP contribution is -2.30. The molecule has 6 rings (SSSR count). The van der Waals surface area contributed by atoms with Crippen molar-refractivity contribution in [3.63, 3.8) is 0 Å². The lowest BCUT2D eigenvalue weighted by atomic mass is 9.98. The number of urea groups is 1. The summed E-state index contributed by atoms with van der Waals surface area (Å²) < 4.78 is 0. The third kappa shape index (κ3) is 5.35. The molecule has 2 aliphatic heterocycles. The monoisotopic (exact) mass is 557 g/mol. The van der Waals surface area contributed by atoms with E-state index in [2.05, 4.69) is 21.3 Å². The Morgan fingerprint density at radius 2 is 1.40 bits per heavy atom. The molecule has 9 heteroatoms. The molecule has 4 aromatic carbocycles. The van der Waals surface area contributed by atoms with Crippen molar-refractivity contribution in [3.8, 4) is 0 Å². The number of anilines is 2. The molecule has 0 spiro atoms. The summed E-state index contributed by atoms with van der Waals surface area (Å²) in [5.41, 5.74) is 5.93. The molecule has 5 amide bonds. The maximum Gasteiger partial charge on any atom is 0.329 e. The number of carbonyl (C=O) groups excluding carboxylic acids is 4. The van der Waals surface area contributed by atoms with Gasteiger partial charge in [-0.2, -0.15) is 0 Å². The molecule has 0 radical (unpaired) electrons. The van der Waals surface area contributed by atoms with E-state index in [1.54, 1.807) is 30.3 Å². The minimum atomic E-state index is -0.444. The molecule has 0 aromatic heterocycles. The van der Waals surface area contributed by atoms with Gasteiger partial charge in [-0.25, -0.2) is 9.69 Å². The summed E-state index contributed by atoms with van der Waals surface area (Å²) in [5, 5.41) is 11.8. The quantitative estimate of drug-likeness (QED) is 0.190. The van der Waals surface area contributed by atoms with Crippen LogP contribution in [0.1, 0.15) is 32.6 Å². The standard InChI is InChI=1S/C33H27N5O4/c39-28-20-36-33(42)38(28)25-14-11-22(12-15-25)18-34-30(23-9-5-2-6-10-23)29-26-17-24(13-16-27(26)37-32(29)41)31(40)35-19-21-7-3-1-4-8-21/h1-17,34H,18-20H2,(H,35,40)(H,36,42)(H,37,41)/b30-29-. The second kappa shape index (κ2) is 11.4. The molecule has 0 saturated carbocycles. The summed E-state index contributed by atoms with van der Waals surface area (Å²) >= 11 is 0. The van der Waals surface area contributed by atoms with E-state index >= 15 is 0 Å². The van der Waals surface area contributed by atoms with Crippen LogP contribution in [0.15, 0.2) is 103 Å². The average molecular weight is 558 g/mol. The molecule has 208 valence electrons. The summed E-state index contributed by atoms with van der Waals surface area (Å²) in [6.07, 6.45) is 0. The van der Waals surface area contributed by atoms with Gasteiger partial charge in [-0.05, 0) is 47.0 Å². The minimum absolute atomic E-state index is 0.0178. The summed E-state index contributed by atoms with van der Waals surface area (Å²) in [5.74, 6) is -0.812. The first-order valence-corrected chi connectivity index (χ1v) is 13.5. The third-order valence-corrected chi connectivity index (χ3v) is 7.14. The van der Waals surface area contributed by atoms with Crippen molar-refractivity contribution in [1.29, 1.82) is 0 Å². The smallest absolute Gasteiger partial charge is 0.329 e. The van der Waals surface area contributed by atoms with Gasteiger partial charge >= 0.3 is 6.03 Å². The molecule has 2 heterocycles. The van der Waals surface area contributed by atoms with Crippen LogP contribution in [0.4, 0.5) is 16.2 Å². The van der Waals surface area contributed by atoms with Gasteiger partial charge in [0.2, 0.25) is 0 Å². The van der Waals surface area contributed by atoms with Gasteiger partial charge in [0, 0.05) is 29.9 Å². The van der Waals surface area contributed by atoms with Crippen LogP contribution in [-0.2, 0) is 22.7 Å². The number of hydrogen-bond acceptors (Lipinski definition) is 5. The van der Waals surface area contributed by atoms with Crippen LogP contribution >= 0.6 is 0 Å². The molecule has 1 saturated heterocycles. The Kier molecular flexibility index (Phi) is 7.21. The fourth-order valence-electron chi connectivity index (χ4n) is 5.01. The number of carbonyl (C=O) groups is 4. The first kappa shape index (κ1) is 26.5. The van der Waals surface area contributed by atoms with Crippen molar-refractivity contribution in [2.45, 2.75) is 13.1 Å². The average Bonchev–Trinajstić information content (AvgIpc) is 3.54. The Labute approximate surface area is 242 Å². The number of hydrogen-bond donors (Lipinski definition) is 4. The molecule has 42 heavy (non-hydrogen) atoms. The highest BCUT2D eigenvalue weighted by Crippen LogP contribution is 2.37. The van der Waals surface area contributed by atoms with Crippen LogP contribution < -0.4 is 26.2 Å². The number of fused-ring (bicyclic) bond motifs is 1. The molecule has 9 nitrogen and oxygen atoms in total. The van der Waals surface area contributed by atoms with Crippen LogP contribution in [0.3, 0.4) is 0 Å². The van der Waals surface area contributed by atoms with Gasteiger partial charge in [-0.15, -0.1) is 0 Å². The van der Waals surface area contributed by atoms with Crippen LogP contribution in [0.5, 0.6) is 0 Å². The Hall–Kier alpha value is -5.70. The zero-order valence-electron chi connectivity index (χ0n) is 22.5. The molecule has 1 fully saturated rings. The Morgan fingerprint density at radius 1 is 0.738 bits per heavy atom. The topological polar surface area (TPSA) is 120 Å². The van der Waals surface area contributed by atoms with Gasteiger partial charge in [0.25, 0.3) is 17.7 Å². The molecule has 0 atom stereocenters. The van der Waals surface area contributed by atoms with E-state index in [4.69, 9.17) is 0 Å². The second-order valence-electron chi connectivity index (χ2n) is 9.91. The number of nitrogens with zero attached hydrogens (tertiary/aromatic N) is 1. The predicted molar refractivity (Wildman–Crippen MR) is 160 cm³/mol. The van der Waals surface area contributed by atoms with Crippen molar-refractivity contribution >= 4 is 46.4 Å². The highest BCUT2D eigenvalue weighted by atomic mass is 16.2. The normalized spacial score (nSPS) is 15.1. The fourth-order valence-corrected chi connectivity index (χ4v) is 5.01. The summed E-state index contributed by atoms with van der Waals surface area (Å²) in [6.45, 7) is 0.743. The number of rotatable bonds is 8. The van der Waals surface area contributed by atoms with E-state index in [1.165, 1.54) is 0 Å². The van der Waals surface area contributed by atoms with E-state index in [0.717, 1.165) is 21.6 Å². The number of nitrogens with one attached hydrogen (secondary N) is 4. The zero-order chi connectivity index (χ0) is 29.1. The third-order valence-electron chi connectivity index (χ3n) is 7.14. The van der Waals surface area contributed by atoms with Gasteiger partial charge in [0.1, 0.15) is 0 Å². The molecular formula is C33H27N5O4. The predicted octanol–water partition coefficient (Wildman–Crippen LogP) is 4.28. The molecule has 0 aliphatic carbocycles. The zero-order valence-corrected chi connectivity index (χ0v) is 22.5. The minimum Gasteiger partial charge on any atom is -0.380 e. The van der Waals surface area contributed by atoms with E-state index in [9.17, 15) is 19.2 Å². The Balaban J connectivity index is 1.28. The van der Waals surface area contributed by atoms with Crippen molar-refractivity contribution in [1.82, 2.24) is 16.0 Å². The largest absolute Gasteiger partial charge is 0.380 e. The maximum atomic E-state index is 13.3. The van der Waals surface area contributed by atoms with Gasteiger partial charge in [0.15, 0.2) is 0 Å². The summed E-state index contributed by atoms with van der Waals surface area (Å²) in [6, 6.07) is 31.0. The van der Waals surface area contributed by atoms with Crippen molar-refractivity contribution in [2.24, 2.45) is 0 Å². The first-order valence-electron chi connectivity index (χ1n) is 13.5. The van der Waals surface area contributed by atoms with Crippen molar-refractivity contribution in [2.75, 3.05) is 16.8 Å². The van der Waals surface area contributed by atoms with Crippen molar-refractivity contribution < 1.29 is 19.2 Å². The number of benzene rings is 4. The van der Waals surface area contributed by atoms with Gasteiger partial charge in [0.05, 0.1) is 23.5 Å². The second-order valence-corrected chi connectivity index (χ2v) is 9.91. The Bertz CT molecular complexity index is 1700. The summed E-state index contributed by atoms with van der Waals surface area (Å²) in [4.78, 5) is 51.5. The highest BCUT2D eigenvalue weighted by molar-refractivity contribution is 6.36. The molecule has 2 aliphatic rings. The van der Waals surface area contributed by atoms with Crippen LogP contribution in [0.2, 0.25) is 0 Å². The van der Waals surface area contributed by atoms with E-state index in [-0.39, 0.29) is 24.3 Å². The molecule has 0 unspecified atom stereocenters. The van der Waals surface area contributed by atoms with Crippen molar-refractivity contribution in [3.05, 3.63) is 131 Å². The molecule has 0 bridgehead atoms. The fraction of sp³-hybridized carbons (Fsp3) is 0.0909. The van der Waals surface area contributed by atoms with Crippen LogP contribution in [0, 0.1) is 0 Å². The summed E-state index contributed by atoms with van der Waals surface area (Å²) in [7, 11) is 0. The van der Waals surface area contributed by atoms with E-state index in [1.807, 2.05) is 72.8 Å². The lowest BCUT2D eigenvalue weighted by Gasteiger charge is -2.16. The maximum absolute atomic E-state index is 13.3. The molecular weight excluding hydrogens is 530 g/mol. The van der Waals surface area contributed by atoms with E-state index in [0.29, 0.717) is 46.9 Å². The van der Waals surface area contributed by atoms with Gasteiger partial charge in [-0.3, -0.25) is 14.4 Å². The van der Waals surface area contributed by atoms with Crippen LogP contribution in [-0.4, -0.2) is 30.3 Å². The number of imide groups is 1. The highest BCUT2D eigenvalue weighted by Gasteiger charge is 2.31. The molecule has 4 N–H and O–H groups in total. The van der Waals surface area contributed by atoms with E-state index < -0.39 is 6.03 Å². The lowest BCUT2D eigenvalue weighted by molar-refractivity contribution is -0.116. The van der Waals surface area contributed by atoms with Crippen LogP contribution in [0.25, 0.3) is 11.3 Å². The Morgan fingerprint density at radius 3 is 2.10 bits per heavy atom. The number of amides is 5. The first-order chi connectivity index (χ1) is 20.5. The SMILES string of the molecule is O=C1Nc2ccc(C(=O)NCc3ccccc3)cc2/C1=C(/NCc1ccc(N2C(=O)CNC2=O)cc1)c1ccccc1.